The Morgan fingerprint density at radius 2 is 2.16 bits per heavy atom. The monoisotopic (exact) mass is 276 g/mol. The van der Waals surface area contributed by atoms with Crippen LogP contribution in [0.3, 0.4) is 0 Å². The molecule has 104 valence electrons. The first-order valence-corrected chi connectivity index (χ1v) is 8.15. The molecule has 0 amide bonds. The molecule has 2 unspecified atom stereocenters. The van der Waals surface area contributed by atoms with Gasteiger partial charge in [-0.05, 0) is 38.8 Å². The Kier molecular flexibility index (Phi) is 3.63. The molecule has 0 bridgehead atoms. The topological polar surface area (TPSA) is 15.3 Å². The third-order valence-corrected chi connectivity index (χ3v) is 5.67. The van der Waals surface area contributed by atoms with Crippen LogP contribution in [0.5, 0.6) is 0 Å². The first kappa shape index (κ1) is 13.5. The van der Waals surface area contributed by atoms with Crippen LogP contribution in [0, 0.1) is 0 Å². The summed E-state index contributed by atoms with van der Waals surface area (Å²) in [6.45, 7) is 10.5. The average Bonchev–Trinajstić information content (AvgIpc) is 2.76. The Morgan fingerprint density at radius 3 is 2.95 bits per heavy atom. The summed E-state index contributed by atoms with van der Waals surface area (Å²) in [6, 6.07) is 9.49. The maximum atomic E-state index is 3.60. The van der Waals surface area contributed by atoms with Crippen LogP contribution in [0.15, 0.2) is 29.2 Å². The first-order chi connectivity index (χ1) is 9.04. The van der Waals surface area contributed by atoms with Crippen LogP contribution < -0.4 is 5.32 Å². The lowest BCUT2D eigenvalue weighted by Gasteiger charge is -2.46. The third-order valence-electron chi connectivity index (χ3n) is 4.37. The predicted octanol–water partition coefficient (Wildman–Crippen LogP) is 2.78. The zero-order chi connectivity index (χ0) is 13.5. The molecule has 0 aromatic heterocycles. The summed E-state index contributed by atoms with van der Waals surface area (Å²) < 4.78 is 0. The van der Waals surface area contributed by atoms with E-state index in [1.165, 1.54) is 24.4 Å². The summed E-state index contributed by atoms with van der Waals surface area (Å²) >= 11 is 2.07. The lowest BCUT2D eigenvalue weighted by Crippen LogP contribution is -2.62. The molecule has 1 saturated heterocycles. The molecule has 0 saturated carbocycles. The molecule has 1 aromatic carbocycles. The highest BCUT2D eigenvalue weighted by Gasteiger charge is 2.35. The Hall–Kier alpha value is -0.510. The second-order valence-corrected chi connectivity index (χ2v) is 7.89. The van der Waals surface area contributed by atoms with Gasteiger partial charge in [-0.15, -0.1) is 11.8 Å². The Bertz CT molecular complexity index is 433. The fraction of sp³-hybridized carbons (Fsp3) is 0.625. The molecule has 1 fully saturated rings. The molecule has 2 aliphatic rings. The number of piperazine rings is 1. The summed E-state index contributed by atoms with van der Waals surface area (Å²) in [5.41, 5.74) is 1.82. The lowest BCUT2D eigenvalue weighted by atomic mass is 9.97. The van der Waals surface area contributed by atoms with Gasteiger partial charge in [0.1, 0.15) is 0 Å². The van der Waals surface area contributed by atoms with E-state index in [1.54, 1.807) is 5.56 Å². The van der Waals surface area contributed by atoms with Crippen molar-refractivity contribution in [2.24, 2.45) is 0 Å². The van der Waals surface area contributed by atoms with Crippen LogP contribution in [-0.2, 0) is 6.42 Å². The molecule has 3 rings (SSSR count). The van der Waals surface area contributed by atoms with E-state index >= 15 is 0 Å². The van der Waals surface area contributed by atoms with Gasteiger partial charge >= 0.3 is 0 Å². The molecular formula is C16H24N2S. The van der Waals surface area contributed by atoms with Gasteiger partial charge < -0.3 is 5.32 Å². The highest BCUT2D eigenvalue weighted by molar-refractivity contribution is 8.00. The second kappa shape index (κ2) is 5.12. The van der Waals surface area contributed by atoms with Gasteiger partial charge in [0.25, 0.3) is 0 Å². The molecule has 2 heterocycles. The number of benzene rings is 1. The van der Waals surface area contributed by atoms with E-state index in [-0.39, 0.29) is 5.54 Å². The van der Waals surface area contributed by atoms with Crippen molar-refractivity contribution >= 4 is 11.8 Å². The van der Waals surface area contributed by atoms with Crippen molar-refractivity contribution in [2.75, 3.05) is 19.6 Å². The molecule has 0 radical (unpaired) electrons. The van der Waals surface area contributed by atoms with E-state index in [9.17, 15) is 0 Å². The fourth-order valence-corrected chi connectivity index (χ4v) is 4.44. The number of hydrogen-bond acceptors (Lipinski definition) is 3. The zero-order valence-electron chi connectivity index (χ0n) is 12.1. The van der Waals surface area contributed by atoms with Gasteiger partial charge in [0, 0.05) is 41.4 Å². The normalized spacial score (nSPS) is 30.3. The van der Waals surface area contributed by atoms with Gasteiger partial charge in [0.15, 0.2) is 0 Å². The van der Waals surface area contributed by atoms with E-state index < -0.39 is 0 Å². The minimum absolute atomic E-state index is 0.280. The molecule has 2 aliphatic heterocycles. The highest BCUT2D eigenvalue weighted by Crippen LogP contribution is 2.38. The number of nitrogens with one attached hydrogen (secondary N) is 1. The predicted molar refractivity (Wildman–Crippen MR) is 82.9 cm³/mol. The van der Waals surface area contributed by atoms with E-state index in [1.807, 2.05) is 0 Å². The number of nitrogens with zero attached hydrogens (tertiary/aromatic N) is 1. The maximum absolute atomic E-state index is 3.60. The molecule has 19 heavy (non-hydrogen) atoms. The van der Waals surface area contributed by atoms with Crippen molar-refractivity contribution in [3.63, 3.8) is 0 Å². The molecule has 2 nitrogen and oxygen atoms in total. The molecular weight excluding hydrogens is 252 g/mol. The molecule has 1 aromatic rings. The van der Waals surface area contributed by atoms with Crippen LogP contribution in [0.4, 0.5) is 0 Å². The largest absolute Gasteiger partial charge is 0.311 e. The molecule has 1 N–H and O–H groups in total. The van der Waals surface area contributed by atoms with Crippen molar-refractivity contribution in [2.45, 2.75) is 48.9 Å². The van der Waals surface area contributed by atoms with Crippen molar-refractivity contribution in [3.05, 3.63) is 29.8 Å². The van der Waals surface area contributed by atoms with Crippen molar-refractivity contribution in [1.29, 1.82) is 0 Å². The fourth-order valence-electron chi connectivity index (χ4n) is 3.10. The minimum atomic E-state index is 0.280. The van der Waals surface area contributed by atoms with Gasteiger partial charge in [-0.2, -0.15) is 0 Å². The lowest BCUT2D eigenvalue weighted by molar-refractivity contribution is 0.0710. The zero-order valence-corrected chi connectivity index (χ0v) is 13.0. The van der Waals surface area contributed by atoms with Gasteiger partial charge in [0.05, 0.1) is 0 Å². The summed E-state index contributed by atoms with van der Waals surface area (Å²) in [6.07, 6.45) is 1.23. The summed E-state index contributed by atoms with van der Waals surface area (Å²) in [4.78, 5) is 4.17. The maximum Gasteiger partial charge on any atom is 0.0278 e. The van der Waals surface area contributed by atoms with E-state index in [4.69, 9.17) is 0 Å². The summed E-state index contributed by atoms with van der Waals surface area (Å²) in [7, 11) is 0. The standard InChI is InChI=1S/C16H24N2S/c1-12-9-18(16(2,3)11-17-12)10-14-8-13-6-4-5-7-15(13)19-14/h4-7,12,14,17H,8-11H2,1-3H3. The third kappa shape index (κ3) is 2.83. The Morgan fingerprint density at radius 1 is 1.37 bits per heavy atom. The van der Waals surface area contributed by atoms with Gasteiger partial charge in [0.2, 0.25) is 0 Å². The van der Waals surface area contributed by atoms with E-state index in [0.29, 0.717) is 6.04 Å². The van der Waals surface area contributed by atoms with Crippen LogP contribution in [-0.4, -0.2) is 41.4 Å². The van der Waals surface area contributed by atoms with Gasteiger partial charge in [-0.1, -0.05) is 18.2 Å². The van der Waals surface area contributed by atoms with Crippen molar-refractivity contribution < 1.29 is 0 Å². The molecule has 3 heteroatoms. The smallest absolute Gasteiger partial charge is 0.0278 e. The highest BCUT2D eigenvalue weighted by atomic mass is 32.2. The van der Waals surface area contributed by atoms with Crippen LogP contribution in [0.2, 0.25) is 0 Å². The average molecular weight is 276 g/mol. The number of fused-ring (bicyclic) bond motifs is 1. The summed E-state index contributed by atoms with van der Waals surface area (Å²) in [5.74, 6) is 0. The quantitative estimate of drug-likeness (QED) is 0.894. The van der Waals surface area contributed by atoms with E-state index in [0.717, 1.165) is 11.8 Å². The molecule has 0 aliphatic carbocycles. The van der Waals surface area contributed by atoms with E-state index in [2.05, 4.69) is 67.0 Å². The van der Waals surface area contributed by atoms with Crippen molar-refractivity contribution in [3.8, 4) is 0 Å². The molecule has 2 atom stereocenters. The van der Waals surface area contributed by atoms with Crippen LogP contribution in [0.25, 0.3) is 0 Å². The second-order valence-electron chi connectivity index (χ2n) is 6.55. The van der Waals surface area contributed by atoms with Crippen LogP contribution in [0.1, 0.15) is 26.3 Å². The van der Waals surface area contributed by atoms with Gasteiger partial charge in [-0.25, -0.2) is 0 Å². The van der Waals surface area contributed by atoms with Crippen molar-refractivity contribution in [1.82, 2.24) is 10.2 Å². The minimum Gasteiger partial charge on any atom is -0.311 e. The SMILES string of the molecule is CC1CN(CC2Cc3ccccc3S2)C(C)(C)CN1. The number of thioether (sulfide) groups is 1. The number of rotatable bonds is 2. The summed E-state index contributed by atoms with van der Waals surface area (Å²) in [5, 5.41) is 4.32. The Labute approximate surface area is 121 Å². The molecule has 0 spiro atoms. The van der Waals surface area contributed by atoms with Gasteiger partial charge in [-0.3, -0.25) is 4.90 Å². The Balaban J connectivity index is 1.66. The number of hydrogen-bond donors (Lipinski definition) is 1. The van der Waals surface area contributed by atoms with Crippen LogP contribution >= 0.6 is 11.8 Å². The first-order valence-electron chi connectivity index (χ1n) is 7.27.